The molecular weight excluding hydrogens is 615 g/mol. The van der Waals surface area contributed by atoms with Crippen molar-refractivity contribution in [3.63, 3.8) is 0 Å². The third-order valence-corrected chi connectivity index (χ3v) is 13.9. The average molecular weight is 658 g/mol. The molecule has 2 fully saturated rings. The minimum absolute atomic E-state index is 0.0149. The highest BCUT2D eigenvalue weighted by molar-refractivity contribution is 6.74. The van der Waals surface area contributed by atoms with Gasteiger partial charge in [0.15, 0.2) is 8.32 Å². The van der Waals surface area contributed by atoms with Gasteiger partial charge in [-0.25, -0.2) is 22.9 Å². The van der Waals surface area contributed by atoms with E-state index in [4.69, 9.17) is 4.43 Å². The summed E-state index contributed by atoms with van der Waals surface area (Å²) in [5, 5.41) is 25.8. The van der Waals surface area contributed by atoms with Crippen molar-refractivity contribution in [1.82, 2.24) is 15.3 Å². The van der Waals surface area contributed by atoms with E-state index in [-0.39, 0.29) is 29.2 Å². The number of rotatable bonds is 9. The van der Waals surface area contributed by atoms with Crippen molar-refractivity contribution in [1.29, 1.82) is 0 Å². The third kappa shape index (κ3) is 7.01. The van der Waals surface area contributed by atoms with Gasteiger partial charge in [0.05, 0.1) is 53.1 Å². The van der Waals surface area contributed by atoms with Gasteiger partial charge < -0.3 is 30.2 Å². The molecule has 248 valence electrons. The van der Waals surface area contributed by atoms with E-state index in [1.54, 1.807) is 12.4 Å². The Morgan fingerprint density at radius 1 is 1.11 bits per heavy atom. The van der Waals surface area contributed by atoms with Crippen molar-refractivity contribution in [2.24, 2.45) is 5.92 Å². The molecule has 2 aromatic heterocycles. The quantitative estimate of drug-likeness (QED) is 0.189. The number of nitrogens with one attached hydrogen (secondary N) is 2. The van der Waals surface area contributed by atoms with Gasteiger partial charge in [0.25, 0.3) is 0 Å². The van der Waals surface area contributed by atoms with E-state index < -0.39 is 54.8 Å². The third-order valence-electron chi connectivity index (χ3n) is 9.47. The number of halogens is 3. The van der Waals surface area contributed by atoms with Crippen molar-refractivity contribution in [2.75, 3.05) is 23.3 Å². The summed E-state index contributed by atoms with van der Waals surface area (Å²) in [4.78, 5) is 22.4. The van der Waals surface area contributed by atoms with Crippen LogP contribution >= 0.6 is 0 Å². The molecule has 5 rings (SSSR count). The number of hydrogen-bond donors (Lipinski definition) is 4. The van der Waals surface area contributed by atoms with Crippen molar-refractivity contribution in [3.8, 4) is 11.3 Å². The van der Waals surface area contributed by atoms with Crippen molar-refractivity contribution < 1.29 is 32.6 Å². The van der Waals surface area contributed by atoms with E-state index in [9.17, 15) is 19.4 Å². The van der Waals surface area contributed by atoms with E-state index in [0.717, 1.165) is 23.9 Å². The molecule has 1 aliphatic heterocycles. The van der Waals surface area contributed by atoms with Gasteiger partial charge in [-0.3, -0.25) is 4.98 Å². The first-order chi connectivity index (χ1) is 21.5. The first kappa shape index (κ1) is 33.7. The fraction of sp³-hybridized carbons (Fsp3) is 0.485. The summed E-state index contributed by atoms with van der Waals surface area (Å²) in [6, 6.07) is 5.94. The molecule has 0 spiro atoms. The van der Waals surface area contributed by atoms with Crippen LogP contribution in [0.5, 0.6) is 0 Å². The number of pyridine rings is 2. The monoisotopic (exact) mass is 657 g/mol. The molecule has 0 unspecified atom stereocenters. The summed E-state index contributed by atoms with van der Waals surface area (Å²) in [6.45, 7) is 13.8. The Morgan fingerprint density at radius 3 is 2.39 bits per heavy atom. The molecule has 1 amide bonds. The number of nitrogens with zero attached hydrogens (tertiary/aromatic N) is 3. The fourth-order valence-corrected chi connectivity index (χ4v) is 7.11. The minimum atomic E-state index is -2.20. The van der Waals surface area contributed by atoms with Crippen molar-refractivity contribution in [2.45, 2.75) is 83.0 Å². The van der Waals surface area contributed by atoms with E-state index in [0.29, 0.717) is 37.3 Å². The summed E-state index contributed by atoms with van der Waals surface area (Å²) >= 11 is 0. The number of carbonyl (C=O) groups is 1. The fourth-order valence-electron chi connectivity index (χ4n) is 5.68. The molecular formula is C33H42F3N5O4Si. The zero-order chi connectivity index (χ0) is 33.6. The molecule has 1 saturated heterocycles. The van der Waals surface area contributed by atoms with E-state index in [1.165, 1.54) is 6.07 Å². The number of benzene rings is 1. The average Bonchev–Trinajstić information content (AvgIpc) is 3.72. The van der Waals surface area contributed by atoms with Gasteiger partial charge in [-0.2, -0.15) is 0 Å². The highest BCUT2D eigenvalue weighted by atomic mass is 28.4. The van der Waals surface area contributed by atoms with Crippen molar-refractivity contribution in [3.05, 3.63) is 71.4 Å². The minimum Gasteiger partial charge on any atom is -0.465 e. The second-order valence-electron chi connectivity index (χ2n) is 14.0. The Labute approximate surface area is 268 Å². The van der Waals surface area contributed by atoms with Crippen molar-refractivity contribution >= 4 is 25.8 Å². The van der Waals surface area contributed by atoms with Crippen LogP contribution in [-0.2, 0) is 16.6 Å². The number of carboxylic acid groups (broad SMARTS) is 1. The number of aromatic nitrogens is 2. The van der Waals surface area contributed by atoms with Gasteiger partial charge in [0.2, 0.25) is 0 Å². The van der Waals surface area contributed by atoms with Crippen LogP contribution in [0.3, 0.4) is 0 Å². The summed E-state index contributed by atoms with van der Waals surface area (Å²) in [5.41, 5.74) is -0.446. The van der Waals surface area contributed by atoms with Crippen LogP contribution < -0.4 is 15.5 Å². The smallest absolute Gasteiger partial charge is 0.405 e. The second-order valence-corrected chi connectivity index (χ2v) is 18.8. The molecule has 46 heavy (non-hydrogen) atoms. The highest BCUT2D eigenvalue weighted by Gasteiger charge is 2.45. The molecule has 2 aliphatic rings. The Kier molecular flexibility index (Phi) is 9.15. The SMILES string of the molecule is C[C@H]1CN(c2ccncc2NCc2ccc(F)c(-c3c(F)cc(C4(O)CC4)cc3F)n2)C[C@@H](NC(=O)O)[C@@H]1O[Si](C)(C)C(C)(C)C. The van der Waals surface area contributed by atoms with Crippen LogP contribution in [0.4, 0.5) is 29.3 Å². The van der Waals surface area contributed by atoms with Gasteiger partial charge >= 0.3 is 6.09 Å². The first-order valence-electron chi connectivity index (χ1n) is 15.5. The number of piperidine rings is 1. The van der Waals surface area contributed by atoms with Gasteiger partial charge in [0, 0.05) is 25.2 Å². The van der Waals surface area contributed by atoms with Crippen LogP contribution in [0.2, 0.25) is 18.1 Å². The lowest BCUT2D eigenvalue weighted by Crippen LogP contribution is -2.62. The van der Waals surface area contributed by atoms with Gasteiger partial charge in [-0.15, -0.1) is 0 Å². The molecule has 4 N–H and O–H groups in total. The van der Waals surface area contributed by atoms with Crippen LogP contribution in [0.1, 0.15) is 51.8 Å². The summed E-state index contributed by atoms with van der Waals surface area (Å²) in [7, 11) is -2.20. The topological polar surface area (TPSA) is 120 Å². The van der Waals surface area contributed by atoms with Gasteiger partial charge in [-0.1, -0.05) is 27.7 Å². The normalized spacial score (nSPS) is 21.2. The van der Waals surface area contributed by atoms with Gasteiger partial charge in [-0.05, 0) is 66.9 Å². The largest absolute Gasteiger partial charge is 0.465 e. The maximum Gasteiger partial charge on any atom is 0.405 e. The molecule has 3 heterocycles. The highest BCUT2D eigenvalue weighted by Crippen LogP contribution is 2.46. The molecule has 3 aromatic rings. The molecule has 3 atom stereocenters. The van der Waals surface area contributed by atoms with E-state index >= 15 is 8.78 Å². The molecule has 1 aliphatic carbocycles. The zero-order valence-electron chi connectivity index (χ0n) is 27.0. The lowest BCUT2D eigenvalue weighted by molar-refractivity contribution is 0.0722. The summed E-state index contributed by atoms with van der Waals surface area (Å²) in [6.07, 6.45) is 2.66. The Hall–Kier alpha value is -3.68. The van der Waals surface area contributed by atoms with Crippen LogP contribution in [-0.4, -0.2) is 59.8 Å². The van der Waals surface area contributed by atoms with E-state index in [1.807, 2.05) is 6.07 Å². The Balaban J connectivity index is 1.36. The predicted molar refractivity (Wildman–Crippen MR) is 173 cm³/mol. The van der Waals surface area contributed by atoms with Gasteiger partial charge in [0.1, 0.15) is 23.1 Å². The Bertz CT molecular complexity index is 1590. The lowest BCUT2D eigenvalue weighted by Gasteiger charge is -2.48. The second kappa shape index (κ2) is 12.5. The number of hydrogen-bond acceptors (Lipinski definition) is 7. The molecule has 1 saturated carbocycles. The molecule has 0 bridgehead atoms. The number of anilines is 2. The van der Waals surface area contributed by atoms with Crippen LogP contribution in [0.15, 0.2) is 42.7 Å². The zero-order valence-corrected chi connectivity index (χ0v) is 28.0. The van der Waals surface area contributed by atoms with Crippen LogP contribution in [0.25, 0.3) is 11.3 Å². The van der Waals surface area contributed by atoms with Crippen LogP contribution in [0, 0.1) is 23.4 Å². The lowest BCUT2D eigenvalue weighted by atomic mass is 9.92. The molecule has 13 heteroatoms. The van der Waals surface area contributed by atoms with E-state index in [2.05, 4.69) is 66.3 Å². The first-order valence-corrected chi connectivity index (χ1v) is 18.4. The summed E-state index contributed by atoms with van der Waals surface area (Å²) < 4.78 is 51.7. The molecule has 1 aromatic carbocycles. The maximum absolute atomic E-state index is 15.1. The standard InChI is InChI=1S/C33H42F3N5O4Si/c1-19-17-41(18-26(40-31(42)43)30(19)45-46(5,6)32(2,3)4)27-9-12-37-16-25(27)38-15-21-7-8-22(34)29(39-21)28-23(35)13-20(14-24(28)36)33(44)10-11-33/h7-9,12-14,16,19,26,30,38,40,44H,10-11,15,17-18H2,1-6H3,(H,42,43)/t19-,26+,30+/m0/s1. The number of aliphatic hydroxyl groups is 1. The maximum atomic E-state index is 15.1. The molecule has 0 radical (unpaired) electrons. The Morgan fingerprint density at radius 2 is 1.78 bits per heavy atom. The number of amides is 1. The molecule has 9 nitrogen and oxygen atoms in total. The summed E-state index contributed by atoms with van der Waals surface area (Å²) in [5.74, 6) is -2.89. The predicted octanol–water partition coefficient (Wildman–Crippen LogP) is 6.64.